The first-order valence-electron chi connectivity index (χ1n) is 5.12. The Morgan fingerprint density at radius 3 is 2.92 bits per heavy atom. The van der Waals surface area contributed by atoms with Crippen LogP contribution in [0.1, 0.15) is 26.7 Å². The molecule has 3 nitrogen and oxygen atoms in total. The average molecular weight is 187 g/mol. The molecule has 1 aliphatic rings. The van der Waals surface area contributed by atoms with E-state index in [0.717, 1.165) is 26.1 Å². The molecule has 0 aromatic heterocycles. The highest BCUT2D eigenvalue weighted by atomic mass is 16.5. The number of hydrogen-bond donors (Lipinski definition) is 2. The van der Waals surface area contributed by atoms with Crippen molar-refractivity contribution in [2.45, 2.75) is 32.3 Å². The standard InChI is InChI=1S/C10H21NO2/c1-9(7-12)6-11-8-10(2)4-3-5-13-10/h9,11-12H,3-8H2,1-2H3. The molecule has 0 aromatic carbocycles. The topological polar surface area (TPSA) is 41.5 Å². The Hall–Kier alpha value is -0.120. The third kappa shape index (κ3) is 3.63. The van der Waals surface area contributed by atoms with E-state index in [-0.39, 0.29) is 12.2 Å². The third-order valence-electron chi connectivity index (χ3n) is 2.60. The van der Waals surface area contributed by atoms with Gasteiger partial charge in [-0.2, -0.15) is 0 Å². The molecule has 0 aliphatic carbocycles. The molecule has 1 fully saturated rings. The minimum atomic E-state index is 0.0369. The summed E-state index contributed by atoms with van der Waals surface area (Å²) in [4.78, 5) is 0. The van der Waals surface area contributed by atoms with Crippen LogP contribution >= 0.6 is 0 Å². The highest BCUT2D eigenvalue weighted by Gasteiger charge is 2.28. The summed E-state index contributed by atoms with van der Waals surface area (Å²) >= 11 is 0. The Balaban J connectivity index is 2.11. The average Bonchev–Trinajstić information content (AvgIpc) is 2.52. The first-order chi connectivity index (χ1) is 6.16. The van der Waals surface area contributed by atoms with Gasteiger partial charge in [0.25, 0.3) is 0 Å². The van der Waals surface area contributed by atoms with Crippen molar-refractivity contribution in [2.75, 3.05) is 26.3 Å². The molecule has 2 atom stereocenters. The molecular formula is C10H21NO2. The maximum Gasteiger partial charge on any atom is 0.0779 e. The summed E-state index contributed by atoms with van der Waals surface area (Å²) in [6, 6.07) is 0. The minimum Gasteiger partial charge on any atom is -0.396 e. The van der Waals surface area contributed by atoms with Crippen molar-refractivity contribution >= 4 is 0 Å². The molecule has 2 N–H and O–H groups in total. The predicted molar refractivity (Wildman–Crippen MR) is 52.7 cm³/mol. The Morgan fingerprint density at radius 1 is 1.62 bits per heavy atom. The smallest absolute Gasteiger partial charge is 0.0779 e. The molecule has 0 aromatic rings. The summed E-state index contributed by atoms with van der Waals surface area (Å²) in [6.07, 6.45) is 2.32. The molecule has 0 amide bonds. The van der Waals surface area contributed by atoms with Crippen LogP contribution < -0.4 is 5.32 Å². The van der Waals surface area contributed by atoms with Crippen molar-refractivity contribution in [3.8, 4) is 0 Å². The quantitative estimate of drug-likeness (QED) is 0.668. The Bertz CT molecular complexity index is 144. The zero-order chi connectivity index (χ0) is 9.73. The van der Waals surface area contributed by atoms with Gasteiger partial charge in [0.1, 0.15) is 0 Å². The van der Waals surface area contributed by atoms with E-state index < -0.39 is 0 Å². The summed E-state index contributed by atoms with van der Waals surface area (Å²) in [7, 11) is 0. The van der Waals surface area contributed by atoms with Gasteiger partial charge in [-0.3, -0.25) is 0 Å². The van der Waals surface area contributed by atoms with Gasteiger partial charge >= 0.3 is 0 Å². The lowest BCUT2D eigenvalue weighted by Gasteiger charge is -2.24. The van der Waals surface area contributed by atoms with Gasteiger partial charge < -0.3 is 15.2 Å². The fourth-order valence-corrected chi connectivity index (χ4v) is 1.62. The molecule has 1 rings (SSSR count). The molecular weight excluding hydrogens is 166 g/mol. The summed E-state index contributed by atoms with van der Waals surface area (Å²) < 4.78 is 5.63. The molecule has 1 aliphatic heterocycles. The second-order valence-corrected chi connectivity index (χ2v) is 4.32. The fraction of sp³-hybridized carbons (Fsp3) is 1.00. The van der Waals surface area contributed by atoms with Crippen LogP contribution in [0.4, 0.5) is 0 Å². The Kier molecular flexibility index (Phi) is 4.16. The largest absolute Gasteiger partial charge is 0.396 e. The second-order valence-electron chi connectivity index (χ2n) is 4.32. The number of aliphatic hydroxyl groups excluding tert-OH is 1. The Labute approximate surface area is 80.5 Å². The van der Waals surface area contributed by atoms with E-state index in [4.69, 9.17) is 9.84 Å². The van der Waals surface area contributed by atoms with Crippen LogP contribution in [0.2, 0.25) is 0 Å². The number of ether oxygens (including phenoxy) is 1. The SMILES string of the molecule is CC(CO)CNCC1(C)CCCO1. The van der Waals surface area contributed by atoms with Crippen molar-refractivity contribution < 1.29 is 9.84 Å². The van der Waals surface area contributed by atoms with E-state index in [1.165, 1.54) is 6.42 Å². The molecule has 0 bridgehead atoms. The van der Waals surface area contributed by atoms with Crippen molar-refractivity contribution in [1.82, 2.24) is 5.32 Å². The van der Waals surface area contributed by atoms with E-state index >= 15 is 0 Å². The van der Waals surface area contributed by atoms with Crippen molar-refractivity contribution in [3.63, 3.8) is 0 Å². The maximum atomic E-state index is 8.82. The molecule has 3 heteroatoms. The van der Waals surface area contributed by atoms with Crippen LogP contribution in [0, 0.1) is 5.92 Å². The van der Waals surface area contributed by atoms with E-state index in [1.54, 1.807) is 0 Å². The summed E-state index contributed by atoms with van der Waals surface area (Å²) in [5, 5.41) is 12.2. The minimum absolute atomic E-state index is 0.0369. The van der Waals surface area contributed by atoms with Crippen LogP contribution in [0.5, 0.6) is 0 Å². The van der Waals surface area contributed by atoms with Crippen molar-refractivity contribution in [1.29, 1.82) is 0 Å². The van der Waals surface area contributed by atoms with E-state index in [2.05, 4.69) is 12.2 Å². The molecule has 0 spiro atoms. The van der Waals surface area contributed by atoms with Crippen molar-refractivity contribution in [3.05, 3.63) is 0 Å². The van der Waals surface area contributed by atoms with Gasteiger partial charge in [-0.15, -0.1) is 0 Å². The molecule has 0 radical (unpaired) electrons. The molecule has 1 heterocycles. The van der Waals surface area contributed by atoms with Gasteiger partial charge in [0.2, 0.25) is 0 Å². The van der Waals surface area contributed by atoms with Gasteiger partial charge in [0.05, 0.1) is 5.60 Å². The highest BCUT2D eigenvalue weighted by Crippen LogP contribution is 2.23. The molecule has 0 saturated carbocycles. The van der Waals surface area contributed by atoms with E-state index in [1.807, 2.05) is 6.92 Å². The first-order valence-corrected chi connectivity index (χ1v) is 5.12. The summed E-state index contributed by atoms with van der Waals surface area (Å²) in [6.45, 7) is 7.10. The van der Waals surface area contributed by atoms with Crippen molar-refractivity contribution in [2.24, 2.45) is 5.92 Å². The van der Waals surface area contributed by atoms with Crippen LogP contribution in [-0.4, -0.2) is 37.0 Å². The number of aliphatic hydroxyl groups is 1. The fourth-order valence-electron chi connectivity index (χ4n) is 1.62. The lowest BCUT2D eigenvalue weighted by atomic mass is 10.0. The lowest BCUT2D eigenvalue weighted by molar-refractivity contribution is 0.0199. The molecule has 2 unspecified atom stereocenters. The number of nitrogens with one attached hydrogen (secondary N) is 1. The van der Waals surface area contributed by atoms with Crippen LogP contribution in [0.3, 0.4) is 0 Å². The van der Waals surface area contributed by atoms with E-state index in [0.29, 0.717) is 5.92 Å². The molecule has 1 saturated heterocycles. The number of rotatable bonds is 5. The van der Waals surface area contributed by atoms with Gasteiger partial charge in [0, 0.05) is 19.8 Å². The van der Waals surface area contributed by atoms with Gasteiger partial charge in [-0.1, -0.05) is 6.92 Å². The van der Waals surface area contributed by atoms with E-state index in [9.17, 15) is 0 Å². The molecule has 13 heavy (non-hydrogen) atoms. The van der Waals surface area contributed by atoms with Crippen LogP contribution in [0.15, 0.2) is 0 Å². The molecule has 78 valence electrons. The monoisotopic (exact) mass is 187 g/mol. The predicted octanol–water partition coefficient (Wildman–Crippen LogP) is 0.773. The van der Waals surface area contributed by atoms with Gasteiger partial charge in [-0.25, -0.2) is 0 Å². The first kappa shape index (κ1) is 11.0. The zero-order valence-electron chi connectivity index (χ0n) is 8.68. The summed E-state index contributed by atoms with van der Waals surface area (Å²) in [5.41, 5.74) is 0.0369. The summed E-state index contributed by atoms with van der Waals surface area (Å²) in [5.74, 6) is 0.338. The zero-order valence-corrected chi connectivity index (χ0v) is 8.68. The second kappa shape index (κ2) is 4.94. The normalized spacial score (nSPS) is 30.7. The maximum absolute atomic E-state index is 8.82. The lowest BCUT2D eigenvalue weighted by Crippen LogP contribution is -2.39. The van der Waals surface area contributed by atoms with Crippen LogP contribution in [0.25, 0.3) is 0 Å². The highest BCUT2D eigenvalue weighted by molar-refractivity contribution is 4.82. The van der Waals surface area contributed by atoms with Crippen LogP contribution in [-0.2, 0) is 4.74 Å². The number of hydrogen-bond acceptors (Lipinski definition) is 3. The third-order valence-corrected chi connectivity index (χ3v) is 2.60. The Morgan fingerprint density at radius 2 is 2.38 bits per heavy atom. The van der Waals surface area contributed by atoms with Gasteiger partial charge in [-0.05, 0) is 32.2 Å². The van der Waals surface area contributed by atoms with Gasteiger partial charge in [0.15, 0.2) is 0 Å².